The smallest absolute Gasteiger partial charge is 0.242 e. The summed E-state index contributed by atoms with van der Waals surface area (Å²) in [5.74, 6) is 2.32. The largest absolute Gasteiger partial charge is 0.497 e. The zero-order valence-corrected chi connectivity index (χ0v) is 26.0. The van der Waals surface area contributed by atoms with Gasteiger partial charge >= 0.3 is 0 Å². The number of rotatable bonds is 6. The van der Waals surface area contributed by atoms with Crippen molar-refractivity contribution in [1.29, 1.82) is 0 Å². The molecule has 3 aromatic rings. The molecule has 2 aromatic carbocycles. The van der Waals surface area contributed by atoms with Crippen molar-refractivity contribution in [3.8, 4) is 11.4 Å². The molecule has 0 bridgehead atoms. The minimum Gasteiger partial charge on any atom is -0.497 e. The van der Waals surface area contributed by atoms with Crippen LogP contribution in [0.5, 0.6) is 5.75 Å². The van der Waals surface area contributed by atoms with Gasteiger partial charge in [-0.1, -0.05) is 65.0 Å². The summed E-state index contributed by atoms with van der Waals surface area (Å²) in [6.07, 6.45) is 2.82. The van der Waals surface area contributed by atoms with Crippen molar-refractivity contribution in [2.24, 2.45) is 5.92 Å². The van der Waals surface area contributed by atoms with Gasteiger partial charge in [-0.05, 0) is 54.5 Å². The van der Waals surface area contributed by atoms with Gasteiger partial charge in [0.1, 0.15) is 18.1 Å². The summed E-state index contributed by atoms with van der Waals surface area (Å²) in [6, 6.07) is 16.3. The molecule has 1 fully saturated rings. The Hall–Kier alpha value is -3.26. The number of nitrogens with zero attached hydrogens (tertiary/aromatic N) is 4. The van der Waals surface area contributed by atoms with Crippen LogP contribution in [-0.4, -0.2) is 59.0 Å². The second kappa shape index (κ2) is 11.9. The fraction of sp³-hybridized carbons (Fsp3) is 0.485. The SMILES string of the molecule is CCc1ccccc1-n1nc(C(C)(C)C)c2c1N(CC(=O)N1CCC(C)CC1)C(=O)CS[C@@H]2c1ccc(OC)cc1. The minimum absolute atomic E-state index is 0.00191. The number of aromatic nitrogens is 2. The summed E-state index contributed by atoms with van der Waals surface area (Å²) in [7, 11) is 1.66. The van der Waals surface area contributed by atoms with Gasteiger partial charge in [0.15, 0.2) is 0 Å². The van der Waals surface area contributed by atoms with Gasteiger partial charge in [0, 0.05) is 24.1 Å². The van der Waals surface area contributed by atoms with Crippen LogP contribution >= 0.6 is 11.8 Å². The normalized spacial score (nSPS) is 18.3. The molecule has 0 spiro atoms. The Morgan fingerprint density at radius 3 is 2.39 bits per heavy atom. The number of likely N-dealkylation sites (tertiary alicyclic amines) is 1. The van der Waals surface area contributed by atoms with Crippen molar-refractivity contribution >= 4 is 29.4 Å². The molecule has 7 nitrogen and oxygen atoms in total. The Morgan fingerprint density at radius 1 is 1.07 bits per heavy atom. The van der Waals surface area contributed by atoms with Gasteiger partial charge in [-0.25, -0.2) is 4.68 Å². The van der Waals surface area contributed by atoms with Crippen LogP contribution in [0.4, 0.5) is 5.82 Å². The van der Waals surface area contributed by atoms with Crippen molar-refractivity contribution in [1.82, 2.24) is 14.7 Å². The monoisotopic (exact) mass is 574 g/mol. The van der Waals surface area contributed by atoms with Crippen LogP contribution in [0.3, 0.4) is 0 Å². The second-order valence-electron chi connectivity index (χ2n) is 12.2. The van der Waals surface area contributed by atoms with Gasteiger partial charge in [0.05, 0.1) is 29.5 Å². The maximum absolute atomic E-state index is 14.0. The number of fused-ring (bicyclic) bond motifs is 1. The predicted octanol–water partition coefficient (Wildman–Crippen LogP) is 6.17. The average molecular weight is 575 g/mol. The molecule has 1 aromatic heterocycles. The van der Waals surface area contributed by atoms with Crippen molar-refractivity contribution in [2.75, 3.05) is 37.4 Å². The van der Waals surface area contributed by atoms with E-state index in [2.05, 4.69) is 58.9 Å². The number of para-hydroxylation sites is 1. The summed E-state index contributed by atoms with van der Waals surface area (Å²) in [5, 5.41) is 5.14. The number of amides is 2. The molecule has 2 aliphatic heterocycles. The van der Waals surface area contributed by atoms with Gasteiger partial charge in [-0.3, -0.25) is 14.5 Å². The molecule has 8 heteroatoms. The number of anilines is 1. The number of piperidine rings is 1. The first-order valence-electron chi connectivity index (χ1n) is 14.7. The molecule has 5 rings (SSSR count). The lowest BCUT2D eigenvalue weighted by Gasteiger charge is -2.32. The van der Waals surface area contributed by atoms with Crippen molar-refractivity contribution in [3.63, 3.8) is 0 Å². The number of ether oxygens (including phenoxy) is 1. The molecular formula is C33H42N4O3S. The molecule has 41 heavy (non-hydrogen) atoms. The van der Waals surface area contributed by atoms with E-state index in [4.69, 9.17) is 9.84 Å². The molecule has 3 heterocycles. The summed E-state index contributed by atoms with van der Waals surface area (Å²) in [6.45, 7) is 12.4. The number of methoxy groups -OCH3 is 1. The summed E-state index contributed by atoms with van der Waals surface area (Å²) in [4.78, 5) is 31.4. The van der Waals surface area contributed by atoms with Crippen LogP contribution in [0.2, 0.25) is 0 Å². The highest BCUT2D eigenvalue weighted by Gasteiger charge is 2.40. The third-order valence-electron chi connectivity index (χ3n) is 8.25. The van der Waals surface area contributed by atoms with Crippen LogP contribution in [0, 0.1) is 5.92 Å². The Kier molecular flexibility index (Phi) is 8.50. The molecule has 0 aliphatic carbocycles. The molecule has 0 radical (unpaired) electrons. The summed E-state index contributed by atoms with van der Waals surface area (Å²) < 4.78 is 7.38. The third-order valence-corrected chi connectivity index (χ3v) is 9.50. The van der Waals surface area contributed by atoms with Crippen molar-refractivity contribution in [3.05, 3.63) is 70.9 Å². The maximum atomic E-state index is 14.0. The Morgan fingerprint density at radius 2 is 1.76 bits per heavy atom. The van der Waals surface area contributed by atoms with E-state index < -0.39 is 0 Å². The highest BCUT2D eigenvalue weighted by molar-refractivity contribution is 8.00. The van der Waals surface area contributed by atoms with Gasteiger partial charge in [-0.2, -0.15) is 5.10 Å². The first kappa shape index (κ1) is 29.2. The van der Waals surface area contributed by atoms with Crippen molar-refractivity contribution in [2.45, 2.75) is 64.5 Å². The van der Waals surface area contributed by atoms with E-state index in [1.807, 2.05) is 33.8 Å². The van der Waals surface area contributed by atoms with Crippen LogP contribution in [0.15, 0.2) is 48.5 Å². The number of thioether (sulfide) groups is 1. The highest BCUT2D eigenvalue weighted by Crippen LogP contribution is 2.48. The predicted molar refractivity (Wildman–Crippen MR) is 166 cm³/mol. The number of hydrogen-bond donors (Lipinski definition) is 0. The Bertz CT molecular complexity index is 1400. The quantitative estimate of drug-likeness (QED) is 0.352. The maximum Gasteiger partial charge on any atom is 0.242 e. The summed E-state index contributed by atoms with van der Waals surface area (Å²) in [5.41, 5.74) is 4.81. The lowest BCUT2D eigenvalue weighted by atomic mass is 9.87. The highest BCUT2D eigenvalue weighted by atomic mass is 32.2. The van der Waals surface area contributed by atoms with Crippen LogP contribution in [0.1, 0.15) is 75.1 Å². The number of benzene rings is 2. The molecule has 0 saturated carbocycles. The molecule has 1 atom stereocenters. The fourth-order valence-corrected chi connectivity index (χ4v) is 6.99. The van der Waals surface area contributed by atoms with Crippen LogP contribution in [0.25, 0.3) is 5.69 Å². The van der Waals surface area contributed by atoms with Crippen LogP contribution in [-0.2, 0) is 21.4 Å². The molecule has 2 aliphatic rings. The molecular weight excluding hydrogens is 532 g/mol. The van der Waals surface area contributed by atoms with E-state index >= 15 is 0 Å². The Balaban J connectivity index is 1.72. The van der Waals surface area contributed by atoms with Gasteiger partial charge < -0.3 is 9.64 Å². The van der Waals surface area contributed by atoms with E-state index in [0.29, 0.717) is 11.7 Å². The minimum atomic E-state index is -0.298. The molecule has 1 saturated heterocycles. The fourth-order valence-electron chi connectivity index (χ4n) is 5.79. The van der Waals surface area contributed by atoms with E-state index in [1.54, 1.807) is 23.8 Å². The average Bonchev–Trinajstić information content (AvgIpc) is 3.31. The number of carbonyl (C=O) groups is 2. The lowest BCUT2D eigenvalue weighted by molar-refractivity contribution is -0.132. The van der Waals surface area contributed by atoms with E-state index in [9.17, 15) is 9.59 Å². The zero-order valence-electron chi connectivity index (χ0n) is 25.1. The molecule has 2 amide bonds. The van der Waals surface area contributed by atoms with E-state index in [-0.39, 0.29) is 34.8 Å². The first-order valence-corrected chi connectivity index (χ1v) is 15.7. The lowest BCUT2D eigenvalue weighted by Crippen LogP contribution is -2.46. The van der Waals surface area contributed by atoms with Gasteiger partial charge in [0.2, 0.25) is 11.8 Å². The standard InChI is InChI=1S/C33H42N4O3S/c1-7-23-10-8-9-11-26(23)37-32-29(31(34-37)33(3,4)5)30(24-12-14-25(40-6)15-13-24)41-21-28(39)36(32)20-27(38)35-18-16-22(2)17-19-35/h8-15,22,30H,7,16-21H2,1-6H3/t30-/m1/s1. The number of hydrogen-bond acceptors (Lipinski definition) is 5. The second-order valence-corrected chi connectivity index (χ2v) is 13.3. The molecule has 218 valence electrons. The zero-order chi connectivity index (χ0) is 29.3. The van der Waals surface area contributed by atoms with Crippen LogP contribution < -0.4 is 9.64 Å². The third kappa shape index (κ3) is 5.89. The molecule has 0 unspecified atom stereocenters. The number of aryl methyl sites for hydroxylation is 1. The Labute approximate surface area is 248 Å². The van der Waals surface area contributed by atoms with E-state index in [1.165, 1.54) is 0 Å². The topological polar surface area (TPSA) is 67.7 Å². The molecule has 0 N–H and O–H groups in total. The first-order chi connectivity index (χ1) is 19.6. The van der Waals surface area contributed by atoms with Gasteiger partial charge in [-0.15, -0.1) is 11.8 Å². The number of carbonyl (C=O) groups excluding carboxylic acids is 2. The van der Waals surface area contributed by atoms with Crippen molar-refractivity contribution < 1.29 is 14.3 Å². The van der Waals surface area contributed by atoms with E-state index in [0.717, 1.165) is 66.2 Å². The van der Waals surface area contributed by atoms with Gasteiger partial charge in [0.25, 0.3) is 0 Å². The summed E-state index contributed by atoms with van der Waals surface area (Å²) >= 11 is 1.61.